The van der Waals surface area contributed by atoms with Gasteiger partial charge < -0.3 is 9.64 Å². The van der Waals surface area contributed by atoms with E-state index in [-0.39, 0.29) is 0 Å². The average molecular weight is 276 g/mol. The van der Waals surface area contributed by atoms with Crippen LogP contribution in [0.3, 0.4) is 0 Å². The van der Waals surface area contributed by atoms with Crippen molar-refractivity contribution >= 4 is 0 Å². The van der Waals surface area contributed by atoms with Crippen LogP contribution >= 0.6 is 0 Å². The molecule has 6 heteroatoms. The number of tetrazole rings is 1. The zero-order valence-corrected chi connectivity index (χ0v) is 12.1. The maximum atomic E-state index is 5.07. The van der Waals surface area contributed by atoms with E-state index in [1.54, 1.807) is 7.11 Å². The second kappa shape index (κ2) is 7.72. The van der Waals surface area contributed by atoms with E-state index in [4.69, 9.17) is 4.74 Å². The summed E-state index contributed by atoms with van der Waals surface area (Å²) in [6.07, 6.45) is 0. The van der Waals surface area contributed by atoms with E-state index in [0.29, 0.717) is 13.2 Å². The van der Waals surface area contributed by atoms with Crippen LogP contribution in [0.25, 0.3) is 0 Å². The lowest BCUT2D eigenvalue weighted by molar-refractivity contribution is -0.926. The van der Waals surface area contributed by atoms with Gasteiger partial charge in [0.2, 0.25) is 5.82 Å². The van der Waals surface area contributed by atoms with Crippen LogP contribution in [0.15, 0.2) is 30.3 Å². The number of nitrogens with one attached hydrogen (secondary N) is 1. The van der Waals surface area contributed by atoms with Gasteiger partial charge in [-0.1, -0.05) is 30.3 Å². The Balaban J connectivity index is 1.97. The first-order valence-corrected chi connectivity index (χ1v) is 6.95. The van der Waals surface area contributed by atoms with Crippen molar-refractivity contribution in [2.75, 3.05) is 20.3 Å². The van der Waals surface area contributed by atoms with Gasteiger partial charge in [-0.05, 0) is 17.4 Å². The number of rotatable bonds is 8. The molecular weight excluding hydrogens is 254 g/mol. The Morgan fingerprint density at radius 2 is 2.00 bits per heavy atom. The van der Waals surface area contributed by atoms with Crippen molar-refractivity contribution in [3.8, 4) is 0 Å². The maximum absolute atomic E-state index is 5.07. The Hall–Kier alpha value is -1.79. The second-order valence-electron chi connectivity index (χ2n) is 4.75. The number of quaternary nitrogens is 1. The number of nitrogens with zero attached hydrogens (tertiary/aromatic N) is 4. The lowest BCUT2D eigenvalue weighted by atomic mass is 10.2. The Labute approximate surface area is 119 Å². The summed E-state index contributed by atoms with van der Waals surface area (Å²) < 4.78 is 6.90. The standard InChI is InChI=1S/C14H21N5O/c1-3-18(11-13-7-5-4-6-8-13)12-14-15-16-17-19(14)9-10-20-2/h4-8H,3,9-12H2,1-2H3/p+1. The largest absolute Gasteiger partial charge is 0.383 e. The summed E-state index contributed by atoms with van der Waals surface area (Å²) in [7, 11) is 1.68. The molecule has 6 nitrogen and oxygen atoms in total. The van der Waals surface area contributed by atoms with Crippen molar-refractivity contribution < 1.29 is 9.64 Å². The van der Waals surface area contributed by atoms with Gasteiger partial charge in [-0.25, -0.2) is 4.68 Å². The van der Waals surface area contributed by atoms with Gasteiger partial charge in [0.25, 0.3) is 0 Å². The third-order valence-electron chi connectivity index (χ3n) is 3.32. The molecule has 20 heavy (non-hydrogen) atoms. The van der Waals surface area contributed by atoms with E-state index < -0.39 is 0 Å². The van der Waals surface area contributed by atoms with E-state index in [2.05, 4.69) is 46.7 Å². The van der Waals surface area contributed by atoms with Crippen LogP contribution in [0.5, 0.6) is 0 Å². The summed E-state index contributed by atoms with van der Waals surface area (Å²) in [5.74, 6) is 0.912. The van der Waals surface area contributed by atoms with Crippen LogP contribution in [0.4, 0.5) is 0 Å². The quantitative estimate of drug-likeness (QED) is 0.733. The van der Waals surface area contributed by atoms with E-state index >= 15 is 0 Å². The Kier molecular flexibility index (Phi) is 5.64. The van der Waals surface area contributed by atoms with Crippen molar-refractivity contribution in [3.05, 3.63) is 41.7 Å². The highest BCUT2D eigenvalue weighted by Gasteiger charge is 2.14. The first-order chi connectivity index (χ1) is 9.83. The first kappa shape index (κ1) is 14.6. The topological polar surface area (TPSA) is 57.3 Å². The summed E-state index contributed by atoms with van der Waals surface area (Å²) in [4.78, 5) is 1.43. The molecule has 0 fully saturated rings. The van der Waals surface area contributed by atoms with Crippen molar-refractivity contribution in [2.24, 2.45) is 0 Å². The number of benzene rings is 1. The molecule has 1 unspecified atom stereocenters. The molecule has 0 amide bonds. The molecule has 1 N–H and O–H groups in total. The number of hydrogen-bond donors (Lipinski definition) is 1. The molecular formula is C14H22N5O+. The van der Waals surface area contributed by atoms with Crippen LogP contribution in [-0.2, 0) is 24.4 Å². The van der Waals surface area contributed by atoms with Gasteiger partial charge in [-0.2, -0.15) is 0 Å². The summed E-state index contributed by atoms with van der Waals surface area (Å²) in [5, 5.41) is 11.9. The third-order valence-corrected chi connectivity index (χ3v) is 3.32. The van der Waals surface area contributed by atoms with E-state index in [1.807, 2.05) is 10.7 Å². The minimum Gasteiger partial charge on any atom is -0.383 e. The Morgan fingerprint density at radius 1 is 1.20 bits per heavy atom. The fourth-order valence-electron chi connectivity index (χ4n) is 2.12. The van der Waals surface area contributed by atoms with Crippen molar-refractivity contribution in [1.29, 1.82) is 0 Å². The van der Waals surface area contributed by atoms with Crippen LogP contribution in [-0.4, -0.2) is 40.5 Å². The fourth-order valence-corrected chi connectivity index (χ4v) is 2.12. The number of hydrogen-bond acceptors (Lipinski definition) is 4. The first-order valence-electron chi connectivity index (χ1n) is 6.95. The maximum Gasteiger partial charge on any atom is 0.206 e. The molecule has 0 radical (unpaired) electrons. The van der Waals surface area contributed by atoms with Crippen LogP contribution < -0.4 is 4.90 Å². The number of ether oxygens (including phenoxy) is 1. The predicted molar refractivity (Wildman–Crippen MR) is 75.0 cm³/mol. The van der Waals surface area contributed by atoms with Gasteiger partial charge in [0, 0.05) is 12.7 Å². The van der Waals surface area contributed by atoms with Crippen LogP contribution in [0.1, 0.15) is 18.3 Å². The highest BCUT2D eigenvalue weighted by atomic mass is 16.5. The number of methoxy groups -OCH3 is 1. The molecule has 0 spiro atoms. The normalized spacial score (nSPS) is 12.5. The van der Waals surface area contributed by atoms with E-state index in [0.717, 1.165) is 25.5 Å². The molecule has 0 aliphatic carbocycles. The van der Waals surface area contributed by atoms with E-state index in [9.17, 15) is 0 Å². The molecule has 0 saturated heterocycles. The van der Waals surface area contributed by atoms with Gasteiger partial charge in [-0.3, -0.25) is 0 Å². The average Bonchev–Trinajstić information content (AvgIpc) is 2.92. The van der Waals surface area contributed by atoms with Crippen LogP contribution in [0, 0.1) is 0 Å². The molecule has 1 aromatic heterocycles. The predicted octanol–water partition coefficient (Wildman–Crippen LogP) is -0.0755. The highest BCUT2D eigenvalue weighted by molar-refractivity contribution is 5.13. The molecule has 0 bridgehead atoms. The smallest absolute Gasteiger partial charge is 0.206 e. The van der Waals surface area contributed by atoms with Gasteiger partial charge in [0.05, 0.1) is 19.7 Å². The molecule has 1 atom stereocenters. The monoisotopic (exact) mass is 276 g/mol. The second-order valence-corrected chi connectivity index (χ2v) is 4.75. The van der Waals surface area contributed by atoms with E-state index in [1.165, 1.54) is 10.5 Å². The lowest BCUT2D eigenvalue weighted by Crippen LogP contribution is -3.09. The minimum absolute atomic E-state index is 0.623. The molecule has 0 saturated carbocycles. The van der Waals surface area contributed by atoms with Gasteiger partial charge >= 0.3 is 0 Å². The summed E-state index contributed by atoms with van der Waals surface area (Å²) >= 11 is 0. The van der Waals surface area contributed by atoms with Gasteiger partial charge in [0.15, 0.2) is 0 Å². The lowest BCUT2D eigenvalue weighted by Gasteiger charge is -2.17. The van der Waals surface area contributed by atoms with Gasteiger partial charge in [-0.15, -0.1) is 5.10 Å². The summed E-state index contributed by atoms with van der Waals surface area (Å²) in [6, 6.07) is 10.5. The Morgan fingerprint density at radius 3 is 2.70 bits per heavy atom. The molecule has 2 rings (SSSR count). The molecule has 108 valence electrons. The third kappa shape index (κ3) is 4.11. The zero-order chi connectivity index (χ0) is 14.2. The minimum atomic E-state index is 0.623. The van der Waals surface area contributed by atoms with Crippen LogP contribution in [0.2, 0.25) is 0 Å². The molecule has 1 aromatic carbocycles. The zero-order valence-electron chi connectivity index (χ0n) is 12.1. The SMILES string of the molecule is CC[NH+](Cc1ccccc1)Cc1nnnn1CCOC. The molecule has 0 aliphatic heterocycles. The number of aromatic nitrogens is 4. The molecule has 2 aromatic rings. The highest BCUT2D eigenvalue weighted by Crippen LogP contribution is 1.96. The van der Waals surface area contributed by atoms with Crippen molar-refractivity contribution in [3.63, 3.8) is 0 Å². The summed E-state index contributed by atoms with van der Waals surface area (Å²) in [6.45, 7) is 6.34. The van der Waals surface area contributed by atoms with Crippen molar-refractivity contribution in [1.82, 2.24) is 20.2 Å². The fraction of sp³-hybridized carbons (Fsp3) is 0.500. The van der Waals surface area contributed by atoms with Crippen molar-refractivity contribution in [2.45, 2.75) is 26.6 Å². The summed E-state index contributed by atoms with van der Waals surface area (Å²) in [5.41, 5.74) is 1.33. The molecule has 1 heterocycles. The Bertz CT molecular complexity index is 499. The molecule has 0 aliphatic rings. The van der Waals surface area contributed by atoms with Gasteiger partial charge in [0.1, 0.15) is 13.1 Å².